The Kier molecular flexibility index (Phi) is 6.34. The highest BCUT2D eigenvalue weighted by Gasteiger charge is 2.36. The SMILES string of the molecule is C=CC[C@H]1CCN(Nc2nc(C)cc(C(F)(F)F)c2C#N)C(=O)[C@@H](C)c2ccccc21. The van der Waals surface area contributed by atoms with Gasteiger partial charge in [0.15, 0.2) is 5.82 Å². The number of benzene rings is 1. The fourth-order valence-electron chi connectivity index (χ4n) is 3.97. The number of alkyl halides is 3. The lowest BCUT2D eigenvalue weighted by Gasteiger charge is -2.33. The van der Waals surface area contributed by atoms with Crippen LogP contribution in [0.5, 0.6) is 0 Å². The average molecular weight is 428 g/mol. The van der Waals surface area contributed by atoms with Gasteiger partial charge in [-0.1, -0.05) is 30.3 Å². The first-order valence-corrected chi connectivity index (χ1v) is 9.94. The molecule has 5 nitrogen and oxygen atoms in total. The van der Waals surface area contributed by atoms with Crippen LogP contribution in [0.2, 0.25) is 0 Å². The number of nitrogens with one attached hydrogen (secondary N) is 1. The van der Waals surface area contributed by atoms with Gasteiger partial charge in [-0.3, -0.25) is 15.2 Å². The highest BCUT2D eigenvalue weighted by atomic mass is 19.4. The first-order valence-electron chi connectivity index (χ1n) is 9.94. The number of hydrogen-bond acceptors (Lipinski definition) is 4. The highest BCUT2D eigenvalue weighted by Crippen LogP contribution is 2.37. The van der Waals surface area contributed by atoms with Gasteiger partial charge >= 0.3 is 6.18 Å². The van der Waals surface area contributed by atoms with E-state index in [0.29, 0.717) is 12.8 Å². The number of nitrogens with zero attached hydrogens (tertiary/aromatic N) is 3. The van der Waals surface area contributed by atoms with Crippen LogP contribution in [0.15, 0.2) is 43.0 Å². The molecule has 0 spiro atoms. The molecular weight excluding hydrogens is 405 g/mol. The number of pyridine rings is 1. The van der Waals surface area contributed by atoms with E-state index < -0.39 is 23.2 Å². The van der Waals surface area contributed by atoms with Crippen molar-refractivity contribution in [2.75, 3.05) is 12.0 Å². The third kappa shape index (κ3) is 4.55. The number of aromatic nitrogens is 1. The van der Waals surface area contributed by atoms with Crippen molar-refractivity contribution in [1.29, 1.82) is 5.26 Å². The number of carbonyl (C=O) groups is 1. The van der Waals surface area contributed by atoms with Crippen molar-refractivity contribution in [3.05, 3.63) is 70.9 Å². The van der Waals surface area contributed by atoms with Crippen LogP contribution < -0.4 is 5.43 Å². The van der Waals surface area contributed by atoms with E-state index in [2.05, 4.69) is 17.0 Å². The minimum atomic E-state index is -4.71. The van der Waals surface area contributed by atoms with Crippen LogP contribution in [0.4, 0.5) is 19.0 Å². The van der Waals surface area contributed by atoms with Crippen molar-refractivity contribution < 1.29 is 18.0 Å². The maximum Gasteiger partial charge on any atom is 0.417 e. The fraction of sp³-hybridized carbons (Fsp3) is 0.348. The molecule has 0 aliphatic carbocycles. The van der Waals surface area contributed by atoms with Crippen LogP contribution in [0.25, 0.3) is 0 Å². The van der Waals surface area contributed by atoms with E-state index >= 15 is 0 Å². The Morgan fingerprint density at radius 3 is 2.65 bits per heavy atom. The number of aryl methyl sites for hydroxylation is 1. The van der Waals surface area contributed by atoms with E-state index in [9.17, 15) is 23.2 Å². The van der Waals surface area contributed by atoms with Gasteiger partial charge in [-0.15, -0.1) is 6.58 Å². The van der Waals surface area contributed by atoms with E-state index in [1.165, 1.54) is 11.9 Å². The average Bonchev–Trinajstić information content (AvgIpc) is 2.73. The Hall–Kier alpha value is -3.34. The Balaban J connectivity index is 2.02. The number of hydrogen-bond donors (Lipinski definition) is 1. The van der Waals surface area contributed by atoms with Crippen LogP contribution in [0.3, 0.4) is 0 Å². The molecule has 1 aromatic carbocycles. The Bertz CT molecular complexity index is 1040. The minimum absolute atomic E-state index is 0.0937. The number of nitriles is 1. The zero-order valence-electron chi connectivity index (χ0n) is 17.3. The molecule has 1 aliphatic rings. The summed E-state index contributed by atoms with van der Waals surface area (Å²) in [4.78, 5) is 17.3. The second-order valence-electron chi connectivity index (χ2n) is 7.61. The lowest BCUT2D eigenvalue weighted by molar-refractivity contribution is -0.137. The Morgan fingerprint density at radius 2 is 2.03 bits per heavy atom. The van der Waals surface area contributed by atoms with Crippen molar-refractivity contribution in [3.63, 3.8) is 0 Å². The van der Waals surface area contributed by atoms with Gasteiger partial charge in [-0.05, 0) is 49.8 Å². The summed E-state index contributed by atoms with van der Waals surface area (Å²) in [5.74, 6) is -0.983. The minimum Gasteiger partial charge on any atom is -0.278 e. The van der Waals surface area contributed by atoms with Gasteiger partial charge in [0.1, 0.15) is 11.6 Å². The first-order chi connectivity index (χ1) is 14.7. The molecule has 2 aromatic rings. The molecule has 3 rings (SSSR count). The molecule has 0 fully saturated rings. The number of carbonyl (C=O) groups excluding carboxylic acids is 1. The summed E-state index contributed by atoms with van der Waals surface area (Å²) >= 11 is 0. The van der Waals surface area contributed by atoms with Gasteiger partial charge in [-0.25, -0.2) is 4.98 Å². The summed E-state index contributed by atoms with van der Waals surface area (Å²) in [7, 11) is 0. The van der Waals surface area contributed by atoms with E-state index in [4.69, 9.17) is 0 Å². The normalized spacial score (nSPS) is 19.1. The first kappa shape index (κ1) is 22.3. The fourth-order valence-corrected chi connectivity index (χ4v) is 3.97. The molecule has 1 aromatic heterocycles. The molecule has 0 unspecified atom stereocenters. The van der Waals surface area contributed by atoms with Crippen molar-refractivity contribution in [2.45, 2.75) is 44.7 Å². The van der Waals surface area contributed by atoms with Crippen LogP contribution >= 0.6 is 0 Å². The smallest absolute Gasteiger partial charge is 0.278 e. The number of halogens is 3. The zero-order chi connectivity index (χ0) is 22.8. The molecule has 0 saturated heterocycles. The third-order valence-corrected chi connectivity index (χ3v) is 5.50. The maximum absolute atomic E-state index is 13.4. The lowest BCUT2D eigenvalue weighted by atomic mass is 9.83. The molecule has 1 N–H and O–H groups in total. The van der Waals surface area contributed by atoms with E-state index in [1.807, 2.05) is 30.3 Å². The van der Waals surface area contributed by atoms with Gasteiger partial charge in [0, 0.05) is 12.2 Å². The van der Waals surface area contributed by atoms with Gasteiger partial charge in [-0.2, -0.15) is 18.4 Å². The number of amides is 1. The number of hydrazine groups is 1. The quantitative estimate of drug-likeness (QED) is 0.671. The zero-order valence-corrected chi connectivity index (χ0v) is 17.3. The van der Waals surface area contributed by atoms with E-state index in [0.717, 1.165) is 17.2 Å². The molecule has 2 heterocycles. The summed E-state index contributed by atoms with van der Waals surface area (Å²) in [5.41, 5.74) is 3.05. The highest BCUT2D eigenvalue weighted by molar-refractivity contribution is 5.85. The molecule has 0 bridgehead atoms. The molecule has 1 aliphatic heterocycles. The molecule has 0 radical (unpaired) electrons. The number of allylic oxidation sites excluding steroid dienone is 1. The lowest BCUT2D eigenvalue weighted by Crippen LogP contribution is -2.42. The van der Waals surface area contributed by atoms with Gasteiger partial charge in [0.05, 0.1) is 11.5 Å². The van der Waals surface area contributed by atoms with E-state index in [1.54, 1.807) is 13.0 Å². The molecule has 2 atom stereocenters. The maximum atomic E-state index is 13.4. The molecule has 8 heteroatoms. The van der Waals surface area contributed by atoms with Crippen molar-refractivity contribution in [1.82, 2.24) is 9.99 Å². The predicted octanol–water partition coefficient (Wildman–Crippen LogP) is 5.30. The monoisotopic (exact) mass is 428 g/mol. The number of rotatable bonds is 4. The van der Waals surface area contributed by atoms with Crippen molar-refractivity contribution in [3.8, 4) is 6.07 Å². The molecule has 31 heavy (non-hydrogen) atoms. The second-order valence-corrected chi connectivity index (χ2v) is 7.61. The number of fused-ring (bicyclic) bond motifs is 1. The number of anilines is 1. The second kappa shape index (κ2) is 8.80. The van der Waals surface area contributed by atoms with Crippen LogP contribution in [-0.4, -0.2) is 22.4 Å². The van der Waals surface area contributed by atoms with Crippen LogP contribution in [-0.2, 0) is 11.0 Å². The summed E-state index contributed by atoms with van der Waals surface area (Å²) in [6.07, 6.45) is -1.61. The third-order valence-electron chi connectivity index (χ3n) is 5.50. The van der Waals surface area contributed by atoms with E-state index in [-0.39, 0.29) is 29.9 Å². The molecule has 0 saturated carbocycles. The van der Waals surface area contributed by atoms with Crippen LogP contribution in [0.1, 0.15) is 59.5 Å². The summed E-state index contributed by atoms with van der Waals surface area (Å²) in [5, 5.41) is 10.7. The predicted molar refractivity (Wildman–Crippen MR) is 111 cm³/mol. The summed E-state index contributed by atoms with van der Waals surface area (Å²) in [6, 6.07) is 10.1. The van der Waals surface area contributed by atoms with Crippen molar-refractivity contribution >= 4 is 11.7 Å². The Labute approximate surface area is 179 Å². The van der Waals surface area contributed by atoms with Gasteiger partial charge in [0.25, 0.3) is 0 Å². The largest absolute Gasteiger partial charge is 0.417 e. The van der Waals surface area contributed by atoms with Crippen molar-refractivity contribution in [2.24, 2.45) is 0 Å². The van der Waals surface area contributed by atoms with Crippen LogP contribution in [0, 0.1) is 18.3 Å². The van der Waals surface area contributed by atoms with Gasteiger partial charge < -0.3 is 0 Å². The summed E-state index contributed by atoms with van der Waals surface area (Å²) < 4.78 is 40.3. The standard InChI is InChI=1S/C23H23F3N4O/c1-4-7-16-10-11-30(22(31)15(3)17-8-5-6-9-18(16)17)29-21-19(13-27)20(23(24,25)26)12-14(2)28-21/h4-6,8-9,12,15-16H,1,7,10-11H2,2-3H3,(H,28,29)/t15-,16-/m0/s1. The van der Waals surface area contributed by atoms with Gasteiger partial charge in [0.2, 0.25) is 5.91 Å². The summed E-state index contributed by atoms with van der Waals surface area (Å²) in [6.45, 7) is 7.25. The topological polar surface area (TPSA) is 69.0 Å². The Morgan fingerprint density at radius 1 is 1.35 bits per heavy atom. The molecular formula is C23H23F3N4O. The molecule has 1 amide bonds. The molecule has 162 valence electrons.